The summed E-state index contributed by atoms with van der Waals surface area (Å²) in [6.45, 7) is 5.02. The zero-order valence-electron chi connectivity index (χ0n) is 18.6. The Morgan fingerprint density at radius 1 is 0.871 bits per heavy atom. The van der Waals surface area contributed by atoms with Crippen LogP contribution in [0.5, 0.6) is 0 Å². The van der Waals surface area contributed by atoms with E-state index in [0.717, 1.165) is 28.9 Å². The fourth-order valence-corrected chi connectivity index (χ4v) is 7.26. The Labute approximate surface area is 182 Å². The third-order valence-electron chi connectivity index (χ3n) is 9.02. The van der Waals surface area contributed by atoms with Crippen molar-refractivity contribution < 1.29 is 4.42 Å². The number of rotatable bonds is 1. The Kier molecular flexibility index (Phi) is 3.43. The molecular formula is C29H29NO. The number of para-hydroxylation sites is 1. The normalized spacial score (nSPS) is 28.4. The number of nitrogens with zero attached hydrogens (tertiary/aromatic N) is 1. The highest BCUT2D eigenvalue weighted by Crippen LogP contribution is 2.55. The molecule has 0 spiro atoms. The van der Waals surface area contributed by atoms with Crippen LogP contribution in [-0.4, -0.2) is 4.57 Å². The van der Waals surface area contributed by atoms with E-state index in [4.69, 9.17) is 4.42 Å². The Morgan fingerprint density at radius 3 is 2.42 bits per heavy atom. The number of fused-ring (bicyclic) bond motifs is 9. The SMILES string of the molecule is CC1C2CCC1CC(C)(c1ccc3c(c1)c1ccc4c5ccccc5oc4c1n3C)C2. The Morgan fingerprint density at radius 2 is 1.61 bits per heavy atom. The van der Waals surface area contributed by atoms with Crippen LogP contribution in [0.25, 0.3) is 43.7 Å². The molecule has 2 bridgehead atoms. The quantitative estimate of drug-likeness (QED) is 0.276. The maximum absolute atomic E-state index is 6.37. The van der Waals surface area contributed by atoms with Gasteiger partial charge in [-0.15, -0.1) is 0 Å². The van der Waals surface area contributed by atoms with Gasteiger partial charge in [0.1, 0.15) is 5.58 Å². The maximum atomic E-state index is 6.37. The second kappa shape index (κ2) is 5.94. The van der Waals surface area contributed by atoms with Crippen molar-refractivity contribution in [3.63, 3.8) is 0 Å². The molecule has 2 fully saturated rings. The van der Waals surface area contributed by atoms with Gasteiger partial charge in [-0.3, -0.25) is 0 Å². The number of aromatic nitrogens is 1. The molecule has 2 unspecified atom stereocenters. The highest BCUT2D eigenvalue weighted by Gasteiger charge is 2.46. The monoisotopic (exact) mass is 407 g/mol. The van der Waals surface area contributed by atoms with Crippen LogP contribution in [-0.2, 0) is 12.5 Å². The van der Waals surface area contributed by atoms with Crippen molar-refractivity contribution in [3.8, 4) is 0 Å². The summed E-state index contributed by atoms with van der Waals surface area (Å²) in [5.74, 6) is 2.72. The minimum atomic E-state index is 0.304. The third-order valence-corrected chi connectivity index (χ3v) is 9.02. The van der Waals surface area contributed by atoms with Gasteiger partial charge < -0.3 is 8.98 Å². The van der Waals surface area contributed by atoms with Gasteiger partial charge in [0, 0.05) is 34.1 Å². The van der Waals surface area contributed by atoms with Gasteiger partial charge in [0.25, 0.3) is 0 Å². The van der Waals surface area contributed by atoms with Gasteiger partial charge in [0.05, 0.1) is 5.52 Å². The average Bonchev–Trinajstić information content (AvgIpc) is 3.36. The first-order valence-electron chi connectivity index (χ1n) is 11.9. The highest BCUT2D eigenvalue weighted by atomic mass is 16.3. The first-order chi connectivity index (χ1) is 15.0. The van der Waals surface area contributed by atoms with Crippen LogP contribution in [0.4, 0.5) is 0 Å². The van der Waals surface area contributed by atoms with Crippen LogP contribution in [0.1, 0.15) is 45.1 Å². The molecule has 0 aliphatic heterocycles. The standard InChI is InChI=1S/C29H29NO/c1-17-18-8-9-19(17)16-29(2,15-18)20-10-13-25-24(14-20)22-11-12-23-21-6-4-5-7-26(21)31-28(23)27(22)30(25)3/h4-7,10-14,17-19H,8-9,15-16H2,1-3H3. The van der Waals surface area contributed by atoms with Crippen molar-refractivity contribution in [3.05, 3.63) is 60.2 Å². The summed E-state index contributed by atoms with van der Waals surface area (Å²) in [6.07, 6.45) is 5.55. The summed E-state index contributed by atoms with van der Waals surface area (Å²) >= 11 is 0. The molecule has 156 valence electrons. The van der Waals surface area contributed by atoms with Crippen LogP contribution in [0.15, 0.2) is 59.0 Å². The van der Waals surface area contributed by atoms with Gasteiger partial charge in [-0.2, -0.15) is 0 Å². The van der Waals surface area contributed by atoms with E-state index in [1.165, 1.54) is 63.8 Å². The van der Waals surface area contributed by atoms with Crippen molar-refractivity contribution in [2.45, 2.75) is 44.9 Å². The molecule has 2 heteroatoms. The third kappa shape index (κ3) is 2.28. The molecule has 31 heavy (non-hydrogen) atoms. The minimum Gasteiger partial charge on any atom is -0.454 e. The Hall–Kier alpha value is -2.74. The van der Waals surface area contributed by atoms with Crippen LogP contribution < -0.4 is 0 Å². The van der Waals surface area contributed by atoms with Crippen molar-refractivity contribution in [2.24, 2.45) is 24.8 Å². The highest BCUT2D eigenvalue weighted by molar-refractivity contribution is 6.20. The molecule has 5 aromatic rings. The molecule has 0 N–H and O–H groups in total. The van der Waals surface area contributed by atoms with Crippen molar-refractivity contribution >= 4 is 43.7 Å². The minimum absolute atomic E-state index is 0.304. The van der Waals surface area contributed by atoms with Gasteiger partial charge in [-0.05, 0) is 78.7 Å². The van der Waals surface area contributed by atoms with Crippen LogP contribution in [0.2, 0.25) is 0 Å². The summed E-state index contributed by atoms with van der Waals surface area (Å²) < 4.78 is 8.70. The topological polar surface area (TPSA) is 18.1 Å². The molecule has 2 aliphatic rings. The molecule has 3 aromatic carbocycles. The lowest BCUT2D eigenvalue weighted by Gasteiger charge is -2.42. The first-order valence-corrected chi connectivity index (χ1v) is 11.9. The van der Waals surface area contributed by atoms with E-state index in [-0.39, 0.29) is 0 Å². The molecule has 2 heterocycles. The zero-order chi connectivity index (χ0) is 20.9. The van der Waals surface area contributed by atoms with Crippen LogP contribution >= 0.6 is 0 Å². The van der Waals surface area contributed by atoms with Gasteiger partial charge in [-0.25, -0.2) is 0 Å². The summed E-state index contributed by atoms with van der Waals surface area (Å²) in [5.41, 5.74) is 6.31. The summed E-state index contributed by atoms with van der Waals surface area (Å²) in [7, 11) is 2.18. The van der Waals surface area contributed by atoms with E-state index in [0.29, 0.717) is 5.41 Å². The van der Waals surface area contributed by atoms with Gasteiger partial charge in [-0.1, -0.05) is 44.2 Å². The van der Waals surface area contributed by atoms with Gasteiger partial charge in [0.15, 0.2) is 5.58 Å². The predicted molar refractivity (Wildman–Crippen MR) is 130 cm³/mol. The van der Waals surface area contributed by atoms with E-state index in [1.54, 1.807) is 0 Å². The summed E-state index contributed by atoms with van der Waals surface area (Å²) in [6, 6.07) is 20.2. The average molecular weight is 408 g/mol. The largest absolute Gasteiger partial charge is 0.454 e. The van der Waals surface area contributed by atoms with Crippen LogP contribution in [0.3, 0.4) is 0 Å². The number of benzene rings is 3. The molecule has 2 nitrogen and oxygen atoms in total. The van der Waals surface area contributed by atoms with Crippen LogP contribution in [0, 0.1) is 17.8 Å². The number of furan rings is 1. The summed E-state index contributed by atoms with van der Waals surface area (Å²) in [5, 5.41) is 5.08. The Balaban J connectivity index is 1.47. The second-order valence-corrected chi connectivity index (χ2v) is 10.7. The molecule has 0 radical (unpaired) electrons. The lowest BCUT2D eigenvalue weighted by Crippen LogP contribution is -2.35. The predicted octanol–water partition coefficient (Wildman–Crippen LogP) is 7.94. The number of aryl methyl sites for hydroxylation is 1. The Bertz CT molecular complexity index is 1490. The fraction of sp³-hybridized carbons (Fsp3) is 0.379. The zero-order valence-corrected chi connectivity index (χ0v) is 18.6. The smallest absolute Gasteiger partial charge is 0.159 e. The second-order valence-electron chi connectivity index (χ2n) is 10.7. The summed E-state index contributed by atoms with van der Waals surface area (Å²) in [4.78, 5) is 0. The van der Waals surface area contributed by atoms with Crippen molar-refractivity contribution in [1.82, 2.24) is 4.57 Å². The number of hydrogen-bond donors (Lipinski definition) is 0. The van der Waals surface area contributed by atoms with Gasteiger partial charge >= 0.3 is 0 Å². The molecule has 2 aromatic heterocycles. The van der Waals surface area contributed by atoms with Crippen molar-refractivity contribution in [2.75, 3.05) is 0 Å². The molecule has 7 rings (SSSR count). The van der Waals surface area contributed by atoms with E-state index < -0.39 is 0 Å². The molecule has 0 amide bonds. The number of hydrogen-bond acceptors (Lipinski definition) is 1. The molecular weight excluding hydrogens is 378 g/mol. The van der Waals surface area contributed by atoms with E-state index in [1.807, 2.05) is 0 Å². The molecule has 2 atom stereocenters. The van der Waals surface area contributed by atoms with E-state index in [9.17, 15) is 0 Å². The first kappa shape index (κ1) is 17.9. The fourth-order valence-electron chi connectivity index (χ4n) is 7.26. The molecule has 0 saturated heterocycles. The van der Waals surface area contributed by atoms with Crippen molar-refractivity contribution in [1.29, 1.82) is 0 Å². The molecule has 2 saturated carbocycles. The van der Waals surface area contributed by atoms with Gasteiger partial charge in [0.2, 0.25) is 0 Å². The van der Waals surface area contributed by atoms with E-state index in [2.05, 4.69) is 80.1 Å². The molecule has 2 aliphatic carbocycles. The lowest BCUT2D eigenvalue weighted by atomic mass is 9.63. The van der Waals surface area contributed by atoms with E-state index >= 15 is 0 Å². The lowest BCUT2D eigenvalue weighted by molar-refractivity contribution is 0.162. The maximum Gasteiger partial charge on any atom is 0.159 e.